The number of rotatable bonds is 8. The molecule has 0 saturated carbocycles. The van der Waals surface area contributed by atoms with Gasteiger partial charge in [-0.25, -0.2) is 0 Å². The second kappa shape index (κ2) is 9.22. The predicted octanol–water partition coefficient (Wildman–Crippen LogP) is 3.10. The minimum atomic E-state index is -1.16. The van der Waals surface area contributed by atoms with Crippen LogP contribution in [0.3, 0.4) is 0 Å². The number of amides is 2. The molecule has 1 fully saturated rings. The molecular weight excluding hydrogens is 342 g/mol. The Bertz CT molecular complexity index is 663. The van der Waals surface area contributed by atoms with Gasteiger partial charge in [-0.3, -0.25) is 9.59 Å². The minimum absolute atomic E-state index is 0.0580. The van der Waals surface area contributed by atoms with Crippen molar-refractivity contribution < 1.29 is 14.3 Å². The fourth-order valence-corrected chi connectivity index (χ4v) is 3.19. The summed E-state index contributed by atoms with van der Waals surface area (Å²) in [6.45, 7) is 12.5. The molecule has 1 aliphatic heterocycles. The van der Waals surface area contributed by atoms with Gasteiger partial charge in [-0.05, 0) is 71.2 Å². The average Bonchev–Trinajstić information content (AvgIpc) is 3.16. The van der Waals surface area contributed by atoms with Crippen LogP contribution in [0.4, 0.5) is 11.4 Å². The van der Waals surface area contributed by atoms with Crippen LogP contribution in [0.2, 0.25) is 0 Å². The van der Waals surface area contributed by atoms with Crippen molar-refractivity contribution in [2.45, 2.75) is 53.6 Å². The number of hydrogen-bond donors (Lipinski definition) is 2. The summed E-state index contributed by atoms with van der Waals surface area (Å²) in [5.41, 5.74) is 1.67. The lowest BCUT2D eigenvalue weighted by molar-refractivity contribution is -0.138. The Morgan fingerprint density at radius 2 is 1.93 bits per heavy atom. The summed E-state index contributed by atoms with van der Waals surface area (Å²) in [5.74, 6) is -0.598. The second-order valence-corrected chi connectivity index (χ2v) is 7.60. The Balaban J connectivity index is 2.00. The van der Waals surface area contributed by atoms with E-state index in [1.54, 1.807) is 13.8 Å². The van der Waals surface area contributed by atoms with E-state index in [0.717, 1.165) is 49.5 Å². The third-order valence-electron chi connectivity index (χ3n) is 5.24. The van der Waals surface area contributed by atoms with Crippen molar-refractivity contribution in [1.82, 2.24) is 5.32 Å². The highest BCUT2D eigenvalue weighted by Gasteiger charge is 2.36. The molecule has 1 aliphatic rings. The predicted molar refractivity (Wildman–Crippen MR) is 109 cm³/mol. The first kappa shape index (κ1) is 21.2. The van der Waals surface area contributed by atoms with E-state index in [0.29, 0.717) is 6.54 Å². The zero-order chi connectivity index (χ0) is 20.0. The van der Waals surface area contributed by atoms with Crippen molar-refractivity contribution >= 4 is 23.2 Å². The number of ether oxygens (including phenoxy) is 1. The second-order valence-electron chi connectivity index (χ2n) is 7.60. The SMILES string of the molecule is CCN(CC)c1ccc(NC(=O)C(C)(C)C(=O)NCC2CCCO2)c(C)c1. The van der Waals surface area contributed by atoms with Crippen LogP contribution in [-0.4, -0.2) is 44.2 Å². The molecule has 6 nitrogen and oxygen atoms in total. The van der Waals surface area contributed by atoms with Crippen molar-refractivity contribution in [2.75, 3.05) is 36.5 Å². The van der Waals surface area contributed by atoms with E-state index >= 15 is 0 Å². The van der Waals surface area contributed by atoms with E-state index in [-0.39, 0.29) is 17.9 Å². The molecule has 2 rings (SSSR count). The number of hydrogen-bond acceptors (Lipinski definition) is 4. The van der Waals surface area contributed by atoms with Gasteiger partial charge in [-0.1, -0.05) is 0 Å². The fourth-order valence-electron chi connectivity index (χ4n) is 3.19. The van der Waals surface area contributed by atoms with Crippen molar-refractivity contribution in [2.24, 2.45) is 5.41 Å². The summed E-state index contributed by atoms with van der Waals surface area (Å²) < 4.78 is 5.52. The molecule has 1 unspecified atom stereocenters. The summed E-state index contributed by atoms with van der Waals surface area (Å²) in [6, 6.07) is 5.97. The number of anilines is 2. The number of nitrogens with zero attached hydrogens (tertiary/aromatic N) is 1. The maximum Gasteiger partial charge on any atom is 0.239 e. The molecule has 1 aromatic carbocycles. The van der Waals surface area contributed by atoms with Gasteiger partial charge in [0.05, 0.1) is 6.10 Å². The first-order valence-electron chi connectivity index (χ1n) is 9.86. The molecule has 0 radical (unpaired) electrons. The van der Waals surface area contributed by atoms with Gasteiger partial charge >= 0.3 is 0 Å². The van der Waals surface area contributed by atoms with Crippen LogP contribution < -0.4 is 15.5 Å². The lowest BCUT2D eigenvalue weighted by Crippen LogP contribution is -2.47. The lowest BCUT2D eigenvalue weighted by atomic mass is 9.90. The van der Waals surface area contributed by atoms with E-state index in [9.17, 15) is 9.59 Å². The quantitative estimate of drug-likeness (QED) is 0.685. The standard InChI is InChI=1S/C21H33N3O3/c1-6-24(7-2)16-10-11-18(15(3)13-16)23-20(26)21(4,5)19(25)22-14-17-9-8-12-27-17/h10-11,13,17H,6-9,12,14H2,1-5H3,(H,22,25)(H,23,26). The molecule has 6 heteroatoms. The van der Waals surface area contributed by atoms with E-state index < -0.39 is 5.41 Å². The molecule has 0 bridgehead atoms. The molecule has 150 valence electrons. The van der Waals surface area contributed by atoms with Gasteiger partial charge in [0, 0.05) is 37.6 Å². The van der Waals surface area contributed by atoms with Gasteiger partial charge in [-0.15, -0.1) is 0 Å². The van der Waals surface area contributed by atoms with E-state index in [1.165, 1.54) is 0 Å². The van der Waals surface area contributed by atoms with E-state index in [4.69, 9.17) is 4.74 Å². The first-order valence-corrected chi connectivity index (χ1v) is 9.86. The van der Waals surface area contributed by atoms with Crippen LogP contribution >= 0.6 is 0 Å². The van der Waals surface area contributed by atoms with E-state index in [2.05, 4.69) is 35.4 Å². The average molecular weight is 376 g/mol. The van der Waals surface area contributed by atoms with Crippen LogP contribution in [0.5, 0.6) is 0 Å². The van der Waals surface area contributed by atoms with Gasteiger partial charge in [0.25, 0.3) is 0 Å². The molecule has 1 saturated heterocycles. The zero-order valence-electron chi connectivity index (χ0n) is 17.2. The van der Waals surface area contributed by atoms with Gasteiger partial charge in [0.15, 0.2) is 0 Å². The molecule has 1 aromatic rings. The molecular formula is C21H33N3O3. The third-order valence-corrected chi connectivity index (χ3v) is 5.24. The first-order chi connectivity index (χ1) is 12.8. The van der Waals surface area contributed by atoms with Crippen LogP contribution in [0.15, 0.2) is 18.2 Å². The zero-order valence-corrected chi connectivity index (χ0v) is 17.2. The van der Waals surface area contributed by atoms with Crippen molar-refractivity contribution in [1.29, 1.82) is 0 Å². The number of carbonyl (C=O) groups excluding carboxylic acids is 2. The molecule has 0 spiro atoms. The van der Waals surface area contributed by atoms with Crippen molar-refractivity contribution in [3.8, 4) is 0 Å². The summed E-state index contributed by atoms with van der Waals surface area (Å²) in [6.07, 6.45) is 2.03. The molecule has 1 atom stereocenters. The number of aryl methyl sites for hydroxylation is 1. The third kappa shape index (κ3) is 5.22. The molecule has 0 aromatic heterocycles. The normalized spacial score (nSPS) is 16.9. The summed E-state index contributed by atoms with van der Waals surface area (Å²) >= 11 is 0. The summed E-state index contributed by atoms with van der Waals surface area (Å²) in [5, 5.41) is 5.77. The van der Waals surface area contributed by atoms with Gasteiger partial charge in [0.1, 0.15) is 5.41 Å². The molecule has 0 aliphatic carbocycles. The monoisotopic (exact) mass is 375 g/mol. The molecule has 2 N–H and O–H groups in total. The van der Waals surface area contributed by atoms with Gasteiger partial charge in [0.2, 0.25) is 11.8 Å². The highest BCUT2D eigenvalue weighted by molar-refractivity contribution is 6.10. The number of carbonyl (C=O) groups is 2. The summed E-state index contributed by atoms with van der Waals surface area (Å²) in [7, 11) is 0. The Labute approximate surface area is 162 Å². The summed E-state index contributed by atoms with van der Waals surface area (Å²) in [4.78, 5) is 27.5. The maximum absolute atomic E-state index is 12.7. The molecule has 2 amide bonds. The van der Waals surface area contributed by atoms with Crippen LogP contribution in [-0.2, 0) is 14.3 Å². The maximum atomic E-state index is 12.7. The topological polar surface area (TPSA) is 70.7 Å². The highest BCUT2D eigenvalue weighted by Crippen LogP contribution is 2.25. The largest absolute Gasteiger partial charge is 0.376 e. The Morgan fingerprint density at radius 3 is 2.48 bits per heavy atom. The lowest BCUT2D eigenvalue weighted by Gasteiger charge is -2.25. The molecule has 1 heterocycles. The fraction of sp³-hybridized carbons (Fsp3) is 0.619. The van der Waals surface area contributed by atoms with Gasteiger partial charge in [-0.2, -0.15) is 0 Å². The number of benzene rings is 1. The minimum Gasteiger partial charge on any atom is -0.376 e. The van der Waals surface area contributed by atoms with Crippen LogP contribution in [0, 0.1) is 12.3 Å². The van der Waals surface area contributed by atoms with Crippen LogP contribution in [0.25, 0.3) is 0 Å². The van der Waals surface area contributed by atoms with E-state index in [1.807, 2.05) is 19.1 Å². The molecule has 27 heavy (non-hydrogen) atoms. The van der Waals surface area contributed by atoms with Gasteiger partial charge < -0.3 is 20.3 Å². The number of nitrogens with one attached hydrogen (secondary N) is 2. The van der Waals surface area contributed by atoms with Crippen LogP contribution in [0.1, 0.15) is 46.1 Å². The smallest absolute Gasteiger partial charge is 0.239 e. The van der Waals surface area contributed by atoms with Crippen molar-refractivity contribution in [3.05, 3.63) is 23.8 Å². The Hall–Kier alpha value is -2.08. The highest BCUT2D eigenvalue weighted by atomic mass is 16.5. The Kier molecular flexibility index (Phi) is 7.25. The van der Waals surface area contributed by atoms with Crippen molar-refractivity contribution in [3.63, 3.8) is 0 Å². The Morgan fingerprint density at radius 1 is 1.22 bits per heavy atom.